The van der Waals surface area contributed by atoms with Gasteiger partial charge in [0, 0.05) is 17.7 Å². The van der Waals surface area contributed by atoms with Crippen molar-refractivity contribution in [2.24, 2.45) is 35.5 Å². The highest BCUT2D eigenvalue weighted by molar-refractivity contribution is 5.75. The zero-order valence-electron chi connectivity index (χ0n) is 23.2. The molecule has 0 bridgehead atoms. The molecule has 4 heteroatoms. The van der Waals surface area contributed by atoms with Gasteiger partial charge < -0.3 is 4.74 Å². The summed E-state index contributed by atoms with van der Waals surface area (Å²) in [6, 6.07) is 2.32. The van der Waals surface area contributed by atoms with E-state index in [1.54, 1.807) is 0 Å². The van der Waals surface area contributed by atoms with Gasteiger partial charge in [-0.3, -0.25) is 4.79 Å². The zero-order chi connectivity index (χ0) is 26.2. The van der Waals surface area contributed by atoms with Crippen LogP contribution in [0.1, 0.15) is 116 Å². The lowest BCUT2D eigenvalue weighted by Gasteiger charge is -2.45. The van der Waals surface area contributed by atoms with Gasteiger partial charge in [-0.25, -0.2) is 8.78 Å². The number of hydrogen-bond donors (Lipinski definition) is 0. The maximum Gasteiger partial charge on any atom is 0.314 e. The second kappa shape index (κ2) is 13.9. The van der Waals surface area contributed by atoms with Crippen LogP contribution in [0.5, 0.6) is 5.75 Å². The number of hydrogen-bond acceptors (Lipinski definition) is 2. The Morgan fingerprint density at radius 3 is 2.19 bits per heavy atom. The minimum atomic E-state index is -0.637. The molecule has 3 aliphatic carbocycles. The van der Waals surface area contributed by atoms with Gasteiger partial charge in [0.1, 0.15) is 17.4 Å². The molecule has 4 unspecified atom stereocenters. The summed E-state index contributed by atoms with van der Waals surface area (Å²) in [5, 5.41) is 0. The van der Waals surface area contributed by atoms with E-state index in [9.17, 15) is 13.6 Å². The molecule has 0 aromatic heterocycles. The van der Waals surface area contributed by atoms with E-state index in [1.807, 2.05) is 19.1 Å². The highest BCUT2D eigenvalue weighted by atomic mass is 19.1. The summed E-state index contributed by atoms with van der Waals surface area (Å²) in [6.07, 6.45) is 22.5. The van der Waals surface area contributed by atoms with Crippen LogP contribution in [-0.2, 0) is 11.2 Å². The first-order valence-corrected chi connectivity index (χ1v) is 15.3. The number of carbonyl (C=O) groups excluding carboxylic acids is 1. The highest BCUT2D eigenvalue weighted by Gasteiger charge is 2.39. The number of fused-ring (bicyclic) bond motifs is 1. The molecule has 0 saturated heterocycles. The molecule has 37 heavy (non-hydrogen) atoms. The van der Waals surface area contributed by atoms with Crippen LogP contribution in [0, 0.1) is 47.1 Å². The Balaban J connectivity index is 1.22. The molecule has 3 aliphatic rings. The van der Waals surface area contributed by atoms with Crippen molar-refractivity contribution in [2.75, 3.05) is 0 Å². The third kappa shape index (κ3) is 7.67. The summed E-state index contributed by atoms with van der Waals surface area (Å²) < 4.78 is 34.3. The highest BCUT2D eigenvalue weighted by Crippen LogP contribution is 2.49. The summed E-state index contributed by atoms with van der Waals surface area (Å²) in [5.41, 5.74) is 0.0538. The minimum absolute atomic E-state index is 0.0134. The Morgan fingerprint density at radius 2 is 1.51 bits per heavy atom. The van der Waals surface area contributed by atoms with Crippen molar-refractivity contribution < 1.29 is 18.3 Å². The molecule has 0 spiro atoms. The minimum Gasteiger partial charge on any atom is -0.426 e. The molecule has 3 saturated carbocycles. The van der Waals surface area contributed by atoms with Gasteiger partial charge in [0.25, 0.3) is 0 Å². The number of carbonyl (C=O) groups is 1. The summed E-state index contributed by atoms with van der Waals surface area (Å²) in [4.78, 5) is 12.8. The smallest absolute Gasteiger partial charge is 0.314 e. The fraction of sp³-hybridized carbons (Fsp3) is 0.727. The fourth-order valence-corrected chi connectivity index (χ4v) is 7.69. The van der Waals surface area contributed by atoms with Crippen LogP contribution in [0.3, 0.4) is 0 Å². The first-order valence-electron chi connectivity index (χ1n) is 15.3. The number of rotatable bonds is 10. The van der Waals surface area contributed by atoms with E-state index >= 15 is 0 Å². The molecular weight excluding hydrogens is 466 g/mol. The molecule has 3 fully saturated rings. The SMILES string of the molecule is C/C=C/CCc1c(F)cc(OC(=O)C2CCC(C3CCC4CC(CCCCC)CCC4C3)CC2)cc1F. The number of unbranched alkanes of at least 4 members (excludes halogenated alkanes) is 2. The zero-order valence-corrected chi connectivity index (χ0v) is 23.2. The molecule has 1 aromatic rings. The monoisotopic (exact) mass is 514 g/mol. The molecule has 0 heterocycles. The second-order valence-corrected chi connectivity index (χ2v) is 12.3. The second-order valence-electron chi connectivity index (χ2n) is 12.3. The number of benzene rings is 1. The first kappa shape index (κ1) is 28.3. The molecular formula is C33H48F2O2. The van der Waals surface area contributed by atoms with E-state index in [0.29, 0.717) is 12.8 Å². The maximum absolute atomic E-state index is 14.4. The van der Waals surface area contributed by atoms with E-state index < -0.39 is 11.6 Å². The third-order valence-corrected chi connectivity index (χ3v) is 9.88. The van der Waals surface area contributed by atoms with E-state index in [0.717, 1.165) is 67.4 Å². The fourth-order valence-electron chi connectivity index (χ4n) is 7.69. The van der Waals surface area contributed by atoms with Gasteiger partial charge in [-0.2, -0.15) is 0 Å². The van der Waals surface area contributed by atoms with Crippen molar-refractivity contribution in [3.8, 4) is 5.75 Å². The predicted molar refractivity (Wildman–Crippen MR) is 146 cm³/mol. The van der Waals surface area contributed by atoms with Crippen LogP contribution in [0.25, 0.3) is 0 Å². The molecule has 206 valence electrons. The van der Waals surface area contributed by atoms with Crippen molar-refractivity contribution in [2.45, 2.75) is 117 Å². The number of allylic oxidation sites excluding steroid dienone is 2. The van der Waals surface area contributed by atoms with Crippen LogP contribution in [0.15, 0.2) is 24.3 Å². The van der Waals surface area contributed by atoms with Gasteiger partial charge in [0.05, 0.1) is 5.92 Å². The number of esters is 1. The van der Waals surface area contributed by atoms with Crippen molar-refractivity contribution in [1.82, 2.24) is 0 Å². The Kier molecular flexibility index (Phi) is 10.6. The van der Waals surface area contributed by atoms with Crippen LogP contribution in [0.4, 0.5) is 8.78 Å². The Hall–Kier alpha value is -1.71. The topological polar surface area (TPSA) is 26.3 Å². The lowest BCUT2D eigenvalue weighted by molar-refractivity contribution is -0.140. The predicted octanol–water partition coefficient (Wildman–Crippen LogP) is 9.60. The Bertz CT molecular complexity index is 879. The van der Waals surface area contributed by atoms with Gasteiger partial charge >= 0.3 is 5.97 Å². The number of ether oxygens (including phenoxy) is 1. The van der Waals surface area contributed by atoms with Gasteiger partial charge in [-0.15, -0.1) is 0 Å². The summed E-state index contributed by atoms with van der Waals surface area (Å²) >= 11 is 0. The molecule has 0 amide bonds. The average Bonchev–Trinajstić information content (AvgIpc) is 2.90. The first-order chi connectivity index (χ1) is 18.0. The van der Waals surface area contributed by atoms with Crippen LogP contribution < -0.4 is 4.74 Å². The molecule has 0 N–H and O–H groups in total. The van der Waals surface area contributed by atoms with Crippen molar-refractivity contribution in [3.05, 3.63) is 41.5 Å². The number of halogens is 2. The van der Waals surface area contributed by atoms with Crippen LogP contribution in [0.2, 0.25) is 0 Å². The van der Waals surface area contributed by atoms with Gasteiger partial charge in [-0.05, 0) is 107 Å². The molecule has 2 nitrogen and oxygen atoms in total. The molecule has 0 radical (unpaired) electrons. The summed E-state index contributed by atoms with van der Waals surface area (Å²) in [7, 11) is 0. The Morgan fingerprint density at radius 1 is 0.892 bits per heavy atom. The summed E-state index contributed by atoms with van der Waals surface area (Å²) in [6.45, 7) is 4.18. The molecule has 4 atom stereocenters. The largest absolute Gasteiger partial charge is 0.426 e. The quantitative estimate of drug-likeness (QED) is 0.134. The standard InChI is InChI=1S/C33H48F2O2/c1-3-5-7-9-23-11-12-28-20-27(18-17-26(28)19-23)24-13-15-25(16-14-24)33(36)37-29-21-31(34)30(32(35)22-29)10-8-6-4-2/h4,6,21-28H,3,5,7-20H2,1-2H3/b6-4+. The van der Waals surface area contributed by atoms with Crippen molar-refractivity contribution in [1.29, 1.82) is 0 Å². The molecule has 0 aliphatic heterocycles. The van der Waals surface area contributed by atoms with E-state index in [2.05, 4.69) is 6.92 Å². The van der Waals surface area contributed by atoms with Crippen molar-refractivity contribution >= 4 is 5.97 Å². The third-order valence-electron chi connectivity index (χ3n) is 9.88. The normalized spacial score (nSPS) is 30.3. The summed E-state index contributed by atoms with van der Waals surface area (Å²) in [5.74, 6) is 2.61. The van der Waals surface area contributed by atoms with E-state index in [-0.39, 0.29) is 23.2 Å². The van der Waals surface area contributed by atoms with Gasteiger partial charge in [-0.1, -0.05) is 51.2 Å². The van der Waals surface area contributed by atoms with Gasteiger partial charge in [0.15, 0.2) is 0 Å². The van der Waals surface area contributed by atoms with E-state index in [1.165, 1.54) is 64.2 Å². The lowest BCUT2D eigenvalue weighted by atomic mass is 9.60. The van der Waals surface area contributed by atoms with Crippen LogP contribution in [-0.4, -0.2) is 5.97 Å². The maximum atomic E-state index is 14.4. The van der Waals surface area contributed by atoms with Gasteiger partial charge in [0.2, 0.25) is 0 Å². The Labute approximate surface area is 223 Å². The molecule has 4 rings (SSSR count). The van der Waals surface area contributed by atoms with E-state index in [4.69, 9.17) is 4.74 Å². The average molecular weight is 515 g/mol. The van der Waals surface area contributed by atoms with Crippen LogP contribution >= 0.6 is 0 Å². The molecule has 1 aromatic carbocycles. The lowest BCUT2D eigenvalue weighted by Crippen LogP contribution is -2.35. The van der Waals surface area contributed by atoms with Crippen molar-refractivity contribution in [3.63, 3.8) is 0 Å².